The van der Waals surface area contributed by atoms with Crippen molar-refractivity contribution in [1.29, 1.82) is 0 Å². The summed E-state index contributed by atoms with van der Waals surface area (Å²) < 4.78 is 51.3. The number of aromatic amines is 1. The van der Waals surface area contributed by atoms with E-state index < -0.39 is 23.7 Å². The number of ether oxygens (including phenoxy) is 2. The van der Waals surface area contributed by atoms with Crippen molar-refractivity contribution in [2.24, 2.45) is 5.41 Å². The van der Waals surface area contributed by atoms with Crippen LogP contribution in [0.25, 0.3) is 10.9 Å². The minimum absolute atomic E-state index is 0.141. The lowest BCUT2D eigenvalue weighted by atomic mass is 9.69. The Kier molecular flexibility index (Phi) is 6.79. The number of amides is 1. The molecule has 1 unspecified atom stereocenters. The number of benzene rings is 2. The molecule has 1 atom stereocenters. The van der Waals surface area contributed by atoms with Gasteiger partial charge in [0, 0.05) is 54.5 Å². The quantitative estimate of drug-likeness (QED) is 0.421. The van der Waals surface area contributed by atoms with E-state index in [1.165, 1.54) is 0 Å². The van der Waals surface area contributed by atoms with Crippen LogP contribution >= 0.6 is 0 Å². The molecule has 7 nitrogen and oxygen atoms in total. The molecule has 10 heteroatoms. The van der Waals surface area contributed by atoms with Crippen molar-refractivity contribution in [2.75, 3.05) is 26.2 Å². The number of nitrogens with zero attached hydrogens (tertiary/aromatic N) is 2. The van der Waals surface area contributed by atoms with E-state index in [1.807, 2.05) is 67.3 Å². The van der Waals surface area contributed by atoms with E-state index in [0.29, 0.717) is 51.1 Å². The summed E-state index contributed by atoms with van der Waals surface area (Å²) in [4.78, 5) is 32.2. The van der Waals surface area contributed by atoms with Crippen molar-refractivity contribution < 1.29 is 32.2 Å². The van der Waals surface area contributed by atoms with Crippen molar-refractivity contribution >= 4 is 22.8 Å². The lowest BCUT2D eigenvalue weighted by Gasteiger charge is -2.51. The summed E-state index contributed by atoms with van der Waals surface area (Å²) in [5.74, 6) is -1.46. The molecule has 0 bridgehead atoms. The van der Waals surface area contributed by atoms with Gasteiger partial charge in [-0.3, -0.25) is 9.69 Å². The summed E-state index contributed by atoms with van der Waals surface area (Å²) in [6, 6.07) is 15.4. The number of nitrogens with one attached hydrogen (secondary N) is 1. The Hall–Kier alpha value is -3.53. The zero-order chi connectivity index (χ0) is 29.0. The molecule has 3 aliphatic heterocycles. The molecular formula is C31H34F3N3O4. The number of likely N-dealkylation sites (tertiary alicyclic amines) is 2. The first-order valence-corrected chi connectivity index (χ1v) is 14.1. The maximum atomic E-state index is 13.3. The van der Waals surface area contributed by atoms with Gasteiger partial charge in [0.2, 0.25) is 0 Å². The summed E-state index contributed by atoms with van der Waals surface area (Å²) in [7, 11) is 0. The van der Waals surface area contributed by atoms with Gasteiger partial charge in [-0.25, -0.2) is 4.79 Å². The molecule has 3 aromatic rings. The number of halogens is 3. The Balaban J connectivity index is 1.18. The van der Waals surface area contributed by atoms with E-state index >= 15 is 0 Å². The monoisotopic (exact) mass is 569 g/mol. The molecule has 4 heterocycles. The minimum atomic E-state index is -5.07. The molecule has 2 aromatic carbocycles. The van der Waals surface area contributed by atoms with Gasteiger partial charge in [0.1, 0.15) is 23.1 Å². The topological polar surface area (TPSA) is 74.9 Å². The lowest BCUT2D eigenvalue weighted by Crippen LogP contribution is -2.57. The Morgan fingerprint density at radius 2 is 1.78 bits per heavy atom. The SMILES string of the molecule is CC1(C)Cc2cccc(CN3CCC4(CCN(C(=O)c5cc6ccccc6[nH]5)CC4)C(OC(=O)C(F)(F)F)C3)c2O1. The van der Waals surface area contributed by atoms with Gasteiger partial charge in [0.15, 0.2) is 0 Å². The van der Waals surface area contributed by atoms with Gasteiger partial charge >= 0.3 is 12.1 Å². The van der Waals surface area contributed by atoms with Gasteiger partial charge in [0.25, 0.3) is 5.91 Å². The summed E-state index contributed by atoms with van der Waals surface area (Å²) in [5, 5.41) is 0.939. The Morgan fingerprint density at radius 3 is 2.51 bits per heavy atom. The second kappa shape index (κ2) is 10.1. The lowest BCUT2D eigenvalue weighted by molar-refractivity contribution is -0.216. The van der Waals surface area contributed by atoms with E-state index in [9.17, 15) is 22.8 Å². The fourth-order valence-electron chi connectivity index (χ4n) is 6.69. The molecule has 1 aromatic heterocycles. The molecule has 3 aliphatic rings. The highest BCUT2D eigenvalue weighted by molar-refractivity contribution is 5.98. The number of para-hydroxylation sites is 2. The van der Waals surface area contributed by atoms with Crippen LogP contribution in [0.1, 0.15) is 54.7 Å². The first-order valence-electron chi connectivity index (χ1n) is 14.1. The van der Waals surface area contributed by atoms with E-state index in [1.54, 1.807) is 4.90 Å². The molecule has 6 rings (SSSR count). The van der Waals surface area contributed by atoms with E-state index in [0.717, 1.165) is 34.2 Å². The predicted octanol–water partition coefficient (Wildman–Crippen LogP) is 5.48. The number of aromatic nitrogens is 1. The number of hydrogen-bond donors (Lipinski definition) is 1. The normalized spacial score (nSPS) is 22.0. The van der Waals surface area contributed by atoms with Crippen LogP contribution in [0.4, 0.5) is 13.2 Å². The second-order valence-corrected chi connectivity index (χ2v) is 12.2. The molecule has 0 saturated carbocycles. The standard InChI is InChI=1S/C31H34F3N3O4/c1-29(2)17-21-7-5-8-22(26(21)41-29)18-36-13-10-30(25(19-36)40-28(39)31(32,33)34)11-14-37(15-12-30)27(38)24-16-20-6-3-4-9-23(20)35-24/h3-9,16,25,35H,10-15,17-19H2,1-2H3. The van der Waals surface area contributed by atoms with Crippen molar-refractivity contribution in [3.8, 4) is 5.75 Å². The number of alkyl halides is 3. The number of piperidine rings is 2. The van der Waals surface area contributed by atoms with Gasteiger partial charge in [-0.15, -0.1) is 0 Å². The highest BCUT2D eigenvalue weighted by Crippen LogP contribution is 2.45. The van der Waals surface area contributed by atoms with Crippen LogP contribution in [-0.2, 0) is 22.5 Å². The average molecular weight is 570 g/mol. The van der Waals surface area contributed by atoms with E-state index in [-0.39, 0.29) is 18.1 Å². The van der Waals surface area contributed by atoms with Crippen LogP contribution in [0.2, 0.25) is 0 Å². The molecule has 0 radical (unpaired) electrons. The van der Waals surface area contributed by atoms with E-state index in [2.05, 4.69) is 4.98 Å². The summed E-state index contributed by atoms with van der Waals surface area (Å²) in [6.07, 6.45) is -3.74. The first-order chi connectivity index (χ1) is 19.4. The third kappa shape index (κ3) is 5.41. The van der Waals surface area contributed by atoms with Gasteiger partial charge in [0.05, 0.1) is 0 Å². The van der Waals surface area contributed by atoms with E-state index in [4.69, 9.17) is 9.47 Å². The number of rotatable bonds is 4. The number of hydrogen-bond acceptors (Lipinski definition) is 5. The van der Waals surface area contributed by atoms with Gasteiger partial charge in [-0.05, 0) is 57.4 Å². The molecule has 1 amide bonds. The fourth-order valence-corrected chi connectivity index (χ4v) is 6.69. The fraction of sp³-hybridized carbons (Fsp3) is 0.484. The number of H-pyrrole nitrogens is 1. The zero-order valence-corrected chi connectivity index (χ0v) is 23.2. The molecule has 1 N–H and O–H groups in total. The molecule has 41 heavy (non-hydrogen) atoms. The van der Waals surface area contributed by atoms with Gasteiger partial charge in [-0.2, -0.15) is 13.2 Å². The Bertz CT molecular complexity index is 1440. The molecule has 218 valence electrons. The molecule has 0 aliphatic carbocycles. The van der Waals surface area contributed by atoms with Crippen LogP contribution < -0.4 is 4.74 Å². The zero-order valence-electron chi connectivity index (χ0n) is 23.2. The van der Waals surface area contributed by atoms with Crippen LogP contribution in [-0.4, -0.2) is 70.7 Å². The Labute approximate surface area is 236 Å². The Morgan fingerprint density at radius 1 is 1.05 bits per heavy atom. The third-order valence-corrected chi connectivity index (χ3v) is 8.89. The maximum Gasteiger partial charge on any atom is 0.490 e. The number of carbonyl (C=O) groups excluding carboxylic acids is 2. The van der Waals surface area contributed by atoms with Crippen molar-refractivity contribution in [3.05, 3.63) is 65.4 Å². The van der Waals surface area contributed by atoms with Crippen molar-refractivity contribution in [2.45, 2.75) is 64.0 Å². The summed E-state index contributed by atoms with van der Waals surface area (Å²) in [6.45, 7) is 6.13. The average Bonchev–Trinajstić information content (AvgIpc) is 3.50. The highest BCUT2D eigenvalue weighted by Gasteiger charge is 2.51. The van der Waals surface area contributed by atoms with Gasteiger partial charge in [-0.1, -0.05) is 36.4 Å². The minimum Gasteiger partial charge on any atom is -0.487 e. The van der Waals surface area contributed by atoms with Gasteiger partial charge < -0.3 is 19.4 Å². The maximum absolute atomic E-state index is 13.3. The molecular weight excluding hydrogens is 535 g/mol. The number of carbonyl (C=O) groups is 2. The molecule has 2 saturated heterocycles. The second-order valence-electron chi connectivity index (χ2n) is 12.2. The number of fused-ring (bicyclic) bond motifs is 2. The van der Waals surface area contributed by atoms with Crippen molar-refractivity contribution in [3.63, 3.8) is 0 Å². The molecule has 1 spiro atoms. The number of esters is 1. The summed E-state index contributed by atoms with van der Waals surface area (Å²) >= 11 is 0. The predicted molar refractivity (Wildman–Crippen MR) is 147 cm³/mol. The van der Waals surface area contributed by atoms with Crippen LogP contribution in [0.15, 0.2) is 48.5 Å². The smallest absolute Gasteiger partial charge is 0.487 e. The molecule has 2 fully saturated rings. The highest BCUT2D eigenvalue weighted by atomic mass is 19.4. The summed E-state index contributed by atoms with van der Waals surface area (Å²) in [5.41, 5.74) is 2.50. The third-order valence-electron chi connectivity index (χ3n) is 8.89. The van der Waals surface area contributed by atoms with Crippen molar-refractivity contribution in [1.82, 2.24) is 14.8 Å². The van der Waals surface area contributed by atoms with Crippen LogP contribution in [0.5, 0.6) is 5.75 Å². The van der Waals surface area contributed by atoms with Crippen LogP contribution in [0, 0.1) is 5.41 Å². The first kappa shape index (κ1) is 27.6. The largest absolute Gasteiger partial charge is 0.490 e. The van der Waals surface area contributed by atoms with Crippen LogP contribution in [0.3, 0.4) is 0 Å².